The summed E-state index contributed by atoms with van der Waals surface area (Å²) in [5, 5.41) is 5.08. The lowest BCUT2D eigenvalue weighted by molar-refractivity contribution is -0.136. The fourth-order valence-corrected chi connectivity index (χ4v) is 2.25. The lowest BCUT2D eigenvalue weighted by Gasteiger charge is -2.15. The molecule has 0 saturated carbocycles. The molecule has 0 bridgehead atoms. The second kappa shape index (κ2) is 6.34. The Balaban J connectivity index is 2.10. The number of amides is 1. The molecule has 1 aromatic carbocycles. The van der Waals surface area contributed by atoms with E-state index in [0.29, 0.717) is 13.2 Å². The zero-order valence-corrected chi connectivity index (χ0v) is 11.6. The zero-order valence-electron chi connectivity index (χ0n) is 11.6. The van der Waals surface area contributed by atoms with Gasteiger partial charge in [-0.05, 0) is 31.0 Å². The summed E-state index contributed by atoms with van der Waals surface area (Å²) in [6, 6.07) is 3.48. The van der Waals surface area contributed by atoms with Gasteiger partial charge in [-0.1, -0.05) is 0 Å². The van der Waals surface area contributed by atoms with E-state index < -0.39 is 17.6 Å². The molecule has 1 unspecified atom stereocenters. The molecule has 1 fully saturated rings. The van der Waals surface area contributed by atoms with Gasteiger partial charge in [-0.3, -0.25) is 4.79 Å². The maximum atomic E-state index is 12.9. The molecule has 4 nitrogen and oxygen atoms in total. The van der Waals surface area contributed by atoms with Crippen LogP contribution < -0.4 is 10.6 Å². The van der Waals surface area contributed by atoms with Crippen molar-refractivity contribution in [3.8, 4) is 0 Å². The molecule has 1 heterocycles. The number of ether oxygens (including phenoxy) is 1. The smallest absolute Gasteiger partial charge is 0.388 e. The van der Waals surface area contributed by atoms with Crippen LogP contribution in [0, 0.1) is 0 Å². The van der Waals surface area contributed by atoms with Crippen molar-refractivity contribution in [3.05, 3.63) is 29.3 Å². The lowest BCUT2D eigenvalue weighted by Crippen LogP contribution is -2.32. The Morgan fingerprint density at radius 1 is 1.43 bits per heavy atom. The Hall–Kier alpha value is -1.76. The highest BCUT2D eigenvalue weighted by Crippen LogP contribution is 2.35. The van der Waals surface area contributed by atoms with E-state index in [1.807, 2.05) is 0 Å². The van der Waals surface area contributed by atoms with Crippen LogP contribution in [0.3, 0.4) is 0 Å². The maximum absolute atomic E-state index is 12.9. The van der Waals surface area contributed by atoms with Gasteiger partial charge in [-0.2, -0.15) is 13.2 Å². The molecule has 0 radical (unpaired) electrons. The summed E-state index contributed by atoms with van der Waals surface area (Å²) in [6.07, 6.45) is -2.77. The molecule has 21 heavy (non-hydrogen) atoms. The lowest BCUT2D eigenvalue weighted by atomic mass is 10.1. The fourth-order valence-electron chi connectivity index (χ4n) is 2.25. The van der Waals surface area contributed by atoms with Crippen LogP contribution >= 0.6 is 0 Å². The van der Waals surface area contributed by atoms with E-state index in [4.69, 9.17) is 4.74 Å². The first-order valence-corrected chi connectivity index (χ1v) is 6.70. The van der Waals surface area contributed by atoms with Crippen molar-refractivity contribution >= 4 is 11.6 Å². The number of rotatable bonds is 4. The van der Waals surface area contributed by atoms with Gasteiger partial charge in [-0.15, -0.1) is 0 Å². The van der Waals surface area contributed by atoms with Crippen LogP contribution in [0.4, 0.5) is 18.9 Å². The highest BCUT2D eigenvalue weighted by atomic mass is 19.4. The van der Waals surface area contributed by atoms with Crippen molar-refractivity contribution in [1.29, 1.82) is 0 Å². The Morgan fingerprint density at radius 2 is 2.19 bits per heavy atom. The minimum absolute atomic E-state index is 0.0145. The molecule has 1 aliphatic heterocycles. The summed E-state index contributed by atoms with van der Waals surface area (Å²) in [6.45, 7) is 0.976. The molecule has 1 amide bonds. The van der Waals surface area contributed by atoms with Crippen LogP contribution in [0.5, 0.6) is 0 Å². The van der Waals surface area contributed by atoms with Gasteiger partial charge in [0.05, 0.1) is 11.7 Å². The molecule has 1 aliphatic rings. The average molecular weight is 302 g/mol. The van der Waals surface area contributed by atoms with Gasteiger partial charge in [0.15, 0.2) is 0 Å². The number of hydrogen-bond acceptors (Lipinski definition) is 3. The van der Waals surface area contributed by atoms with Crippen molar-refractivity contribution in [2.45, 2.75) is 25.1 Å². The van der Waals surface area contributed by atoms with Crippen molar-refractivity contribution < 1.29 is 22.7 Å². The number of halogens is 3. The van der Waals surface area contributed by atoms with Gasteiger partial charge in [0.2, 0.25) is 0 Å². The molecule has 1 aromatic rings. The molecule has 2 rings (SSSR count). The quantitative estimate of drug-likeness (QED) is 0.899. The van der Waals surface area contributed by atoms with E-state index >= 15 is 0 Å². The van der Waals surface area contributed by atoms with Gasteiger partial charge in [0.1, 0.15) is 0 Å². The summed E-state index contributed by atoms with van der Waals surface area (Å²) in [5.41, 5.74) is -0.924. The topological polar surface area (TPSA) is 50.4 Å². The second-order valence-corrected chi connectivity index (χ2v) is 4.85. The van der Waals surface area contributed by atoms with Crippen molar-refractivity contribution in [1.82, 2.24) is 5.32 Å². The first-order valence-electron chi connectivity index (χ1n) is 6.70. The number of hydrogen-bond donors (Lipinski definition) is 2. The molecular weight excluding hydrogens is 285 g/mol. The number of carbonyl (C=O) groups is 1. The third-order valence-electron chi connectivity index (χ3n) is 3.37. The van der Waals surface area contributed by atoms with Crippen molar-refractivity contribution in [2.75, 3.05) is 25.5 Å². The first-order chi connectivity index (χ1) is 9.91. The van der Waals surface area contributed by atoms with Gasteiger partial charge >= 0.3 is 6.18 Å². The monoisotopic (exact) mass is 302 g/mol. The van der Waals surface area contributed by atoms with Gasteiger partial charge in [0, 0.05) is 31.5 Å². The highest BCUT2D eigenvalue weighted by molar-refractivity contribution is 5.95. The molecule has 1 atom stereocenters. The molecule has 7 heteroatoms. The summed E-state index contributed by atoms with van der Waals surface area (Å²) >= 11 is 0. The van der Waals surface area contributed by atoms with Crippen molar-refractivity contribution in [2.24, 2.45) is 0 Å². The number of benzene rings is 1. The van der Waals surface area contributed by atoms with Gasteiger partial charge in [0.25, 0.3) is 5.91 Å². The number of carbonyl (C=O) groups excluding carboxylic acids is 1. The molecular formula is C14H17F3N2O2. The van der Waals surface area contributed by atoms with Crippen LogP contribution in [-0.2, 0) is 10.9 Å². The van der Waals surface area contributed by atoms with Crippen LogP contribution in [-0.4, -0.2) is 32.2 Å². The SMILES string of the molecule is CNc1ccc(C(=O)NCC2CCCO2)cc1C(F)(F)F. The molecule has 0 spiro atoms. The Labute approximate surface area is 120 Å². The number of nitrogens with one attached hydrogen (secondary N) is 2. The van der Waals surface area contributed by atoms with E-state index in [1.54, 1.807) is 0 Å². The van der Waals surface area contributed by atoms with Gasteiger partial charge in [-0.25, -0.2) is 0 Å². The van der Waals surface area contributed by atoms with E-state index in [-0.39, 0.29) is 17.4 Å². The number of anilines is 1. The number of alkyl halides is 3. The standard InChI is InChI=1S/C14H17F3N2O2/c1-18-12-5-4-9(7-11(12)14(15,16)17)13(20)19-8-10-3-2-6-21-10/h4-5,7,10,18H,2-3,6,8H2,1H3,(H,19,20). The molecule has 2 N–H and O–H groups in total. The van der Waals surface area contributed by atoms with Crippen LogP contribution in [0.25, 0.3) is 0 Å². The molecule has 0 aliphatic carbocycles. The normalized spacial score (nSPS) is 18.6. The fraction of sp³-hybridized carbons (Fsp3) is 0.500. The Bertz CT molecular complexity index is 511. The Morgan fingerprint density at radius 3 is 2.76 bits per heavy atom. The summed E-state index contributed by atoms with van der Waals surface area (Å²) in [7, 11) is 1.40. The van der Waals surface area contributed by atoms with E-state index in [2.05, 4.69) is 10.6 Å². The predicted molar refractivity (Wildman–Crippen MR) is 72.3 cm³/mol. The predicted octanol–water partition coefficient (Wildman–Crippen LogP) is 2.66. The van der Waals surface area contributed by atoms with Crippen molar-refractivity contribution in [3.63, 3.8) is 0 Å². The second-order valence-electron chi connectivity index (χ2n) is 4.85. The maximum Gasteiger partial charge on any atom is 0.418 e. The van der Waals surface area contributed by atoms with Crippen LogP contribution in [0.1, 0.15) is 28.8 Å². The van der Waals surface area contributed by atoms with E-state index in [9.17, 15) is 18.0 Å². The first kappa shape index (κ1) is 15.6. The zero-order chi connectivity index (χ0) is 15.5. The molecule has 1 saturated heterocycles. The van der Waals surface area contributed by atoms with E-state index in [1.165, 1.54) is 19.2 Å². The third-order valence-corrected chi connectivity index (χ3v) is 3.37. The largest absolute Gasteiger partial charge is 0.418 e. The minimum Gasteiger partial charge on any atom is -0.388 e. The summed E-state index contributed by atoms with van der Waals surface area (Å²) in [5.74, 6) is -0.529. The molecule has 0 aromatic heterocycles. The van der Waals surface area contributed by atoms with E-state index in [0.717, 1.165) is 18.9 Å². The van der Waals surface area contributed by atoms with Crippen LogP contribution in [0.15, 0.2) is 18.2 Å². The summed E-state index contributed by atoms with van der Waals surface area (Å²) < 4.78 is 44.1. The summed E-state index contributed by atoms with van der Waals surface area (Å²) in [4.78, 5) is 11.9. The average Bonchev–Trinajstić information content (AvgIpc) is 2.96. The van der Waals surface area contributed by atoms with Crippen LogP contribution in [0.2, 0.25) is 0 Å². The minimum atomic E-state index is -4.51. The molecule has 116 valence electrons. The third kappa shape index (κ3) is 3.87. The van der Waals surface area contributed by atoms with Gasteiger partial charge < -0.3 is 15.4 Å². The highest BCUT2D eigenvalue weighted by Gasteiger charge is 2.34. The Kier molecular flexibility index (Phi) is 4.72.